The second-order valence-corrected chi connectivity index (χ2v) is 7.40. The lowest BCUT2D eigenvalue weighted by atomic mass is 10.3. The first kappa shape index (κ1) is 15.8. The fraction of sp³-hybridized carbons (Fsp3) is 0. The summed E-state index contributed by atoms with van der Waals surface area (Å²) >= 11 is 2.90. The fourth-order valence-electron chi connectivity index (χ4n) is 2.47. The van der Waals surface area contributed by atoms with Crippen LogP contribution in [-0.4, -0.2) is 5.91 Å². The van der Waals surface area contributed by atoms with Crippen LogP contribution in [0.15, 0.2) is 83.0 Å². The highest BCUT2D eigenvalue weighted by Crippen LogP contribution is 2.29. The van der Waals surface area contributed by atoms with Gasteiger partial charge in [0, 0.05) is 24.3 Å². The van der Waals surface area contributed by atoms with Crippen LogP contribution in [0.25, 0.3) is 10.9 Å². The molecule has 6 heteroatoms. The van der Waals surface area contributed by atoms with Gasteiger partial charge in [0.25, 0.3) is 9.86 Å². The van der Waals surface area contributed by atoms with E-state index in [0.29, 0.717) is 9.78 Å². The van der Waals surface area contributed by atoms with Crippen LogP contribution >= 0.6 is 23.1 Å². The average molecular weight is 365 g/mol. The summed E-state index contributed by atoms with van der Waals surface area (Å²) in [5.74, 6) is -0.0334. The Labute approximate surface area is 152 Å². The van der Waals surface area contributed by atoms with Crippen molar-refractivity contribution in [3.63, 3.8) is 0 Å². The van der Waals surface area contributed by atoms with E-state index >= 15 is 0 Å². The smallest absolute Gasteiger partial charge is 0.432 e. The van der Waals surface area contributed by atoms with Crippen LogP contribution in [0.4, 0.5) is 0 Å². The number of nitrogens with zero attached hydrogens (tertiary/aromatic N) is 2. The minimum absolute atomic E-state index is 0.0167. The number of thioether (sulfide) groups is 1. The quantitative estimate of drug-likeness (QED) is 0.407. The maximum atomic E-state index is 12.2. The Morgan fingerprint density at radius 1 is 1.00 bits per heavy atom. The third-order valence-corrected chi connectivity index (χ3v) is 5.80. The largest absolute Gasteiger partial charge is 0.822 e. The van der Waals surface area contributed by atoms with Crippen LogP contribution in [0.1, 0.15) is 9.67 Å². The van der Waals surface area contributed by atoms with E-state index in [2.05, 4.69) is 0 Å². The summed E-state index contributed by atoms with van der Waals surface area (Å²) in [5.41, 5.74) is 0. The molecule has 122 valence electrons. The Morgan fingerprint density at radius 2 is 1.84 bits per heavy atom. The molecule has 0 radical (unpaired) electrons. The molecule has 0 bridgehead atoms. The summed E-state index contributed by atoms with van der Waals surface area (Å²) in [6.07, 6.45) is 12.6. The minimum atomic E-state index is -0.0167. The van der Waals surface area contributed by atoms with Crippen LogP contribution in [0.5, 0.6) is 5.88 Å². The fourth-order valence-corrected chi connectivity index (χ4v) is 4.36. The van der Waals surface area contributed by atoms with Gasteiger partial charge in [-0.15, -0.1) is 4.57 Å². The molecular weight excluding hydrogens is 352 g/mol. The van der Waals surface area contributed by atoms with Crippen molar-refractivity contribution in [3.8, 4) is 5.88 Å². The normalized spacial score (nSPS) is 15.8. The van der Waals surface area contributed by atoms with Crippen molar-refractivity contribution in [2.24, 2.45) is 0 Å². The molecule has 0 saturated carbocycles. The zero-order valence-electron chi connectivity index (χ0n) is 13.0. The number of carbonyl (C=O) groups excluding carboxylic acids is 1. The van der Waals surface area contributed by atoms with E-state index in [1.54, 1.807) is 33.5 Å². The second-order valence-electron chi connectivity index (χ2n) is 5.27. The van der Waals surface area contributed by atoms with E-state index < -0.39 is 0 Å². The second kappa shape index (κ2) is 6.66. The highest BCUT2D eigenvalue weighted by atomic mass is 32.2. The molecule has 0 saturated heterocycles. The molecule has 1 aliphatic heterocycles. The van der Waals surface area contributed by atoms with Gasteiger partial charge in [0.2, 0.25) is 0 Å². The Morgan fingerprint density at radius 3 is 2.68 bits per heavy atom. The zero-order chi connectivity index (χ0) is 17.2. The van der Waals surface area contributed by atoms with Gasteiger partial charge in [0.05, 0.1) is 4.88 Å². The number of fused-ring (bicyclic) bond motifs is 2. The number of thiazole rings is 1. The minimum Gasteiger partial charge on any atom is -0.822 e. The first-order chi connectivity index (χ1) is 12.2. The molecule has 1 aliphatic rings. The zero-order valence-corrected chi connectivity index (χ0v) is 14.7. The van der Waals surface area contributed by atoms with Gasteiger partial charge in [-0.05, 0) is 36.0 Å². The van der Waals surface area contributed by atoms with Gasteiger partial charge in [0.1, 0.15) is 4.91 Å². The van der Waals surface area contributed by atoms with Crippen LogP contribution in [0.2, 0.25) is 0 Å². The van der Waals surface area contributed by atoms with Gasteiger partial charge in [-0.2, -0.15) is 4.40 Å². The lowest BCUT2D eigenvalue weighted by molar-refractivity contribution is -0.607. The third kappa shape index (κ3) is 3.01. The summed E-state index contributed by atoms with van der Waals surface area (Å²) in [6, 6.07) is 11.3. The van der Waals surface area contributed by atoms with E-state index in [9.17, 15) is 9.90 Å². The maximum absolute atomic E-state index is 12.2. The molecule has 3 aromatic heterocycles. The summed E-state index contributed by atoms with van der Waals surface area (Å²) in [6.45, 7) is 0. The molecule has 0 unspecified atom stereocenters. The predicted octanol–water partition coefficient (Wildman–Crippen LogP) is 2.75. The number of aromatic nitrogens is 2. The van der Waals surface area contributed by atoms with Crippen molar-refractivity contribution in [1.82, 2.24) is 0 Å². The average Bonchev–Trinajstić information content (AvgIpc) is 3.13. The molecule has 0 aromatic carbocycles. The SMILES string of the molecule is O=C1C(=CC=CC=Cc2sc3cccc[n+]3c2[O-])Sc2cccc[n+]21. The number of hydrogen-bond donors (Lipinski definition) is 0. The van der Waals surface area contributed by atoms with Crippen molar-refractivity contribution in [2.75, 3.05) is 0 Å². The number of allylic oxidation sites excluding steroid dienone is 5. The van der Waals surface area contributed by atoms with Gasteiger partial charge in [-0.3, -0.25) is 0 Å². The Bertz CT molecular complexity index is 1060. The first-order valence-electron chi connectivity index (χ1n) is 7.62. The van der Waals surface area contributed by atoms with Crippen molar-refractivity contribution in [3.05, 3.63) is 82.9 Å². The van der Waals surface area contributed by atoms with Gasteiger partial charge in [0.15, 0.2) is 18.3 Å². The molecule has 4 heterocycles. The highest BCUT2D eigenvalue weighted by Gasteiger charge is 2.33. The molecule has 0 aliphatic carbocycles. The number of carbonyl (C=O) groups is 1. The van der Waals surface area contributed by atoms with E-state index in [1.165, 1.54) is 23.1 Å². The Hall–Kier alpha value is -2.70. The van der Waals surface area contributed by atoms with Gasteiger partial charge in [-0.25, -0.2) is 4.79 Å². The lowest BCUT2D eigenvalue weighted by Gasteiger charge is -1.94. The first-order valence-corrected chi connectivity index (χ1v) is 9.26. The van der Waals surface area contributed by atoms with E-state index in [-0.39, 0.29) is 11.8 Å². The standard InChI is InChI=1S/C19H13N2O2S2/c22-18-14(24-16-10-4-6-12-20(16)18)8-2-1-3-9-15-19(23)21-13-7-5-11-17(21)25-15/h1-13H/q+1. The maximum Gasteiger partial charge on any atom is 0.432 e. The molecule has 4 nitrogen and oxygen atoms in total. The van der Waals surface area contributed by atoms with Crippen molar-refractivity contribution in [1.29, 1.82) is 0 Å². The monoisotopic (exact) mass is 365 g/mol. The molecule has 4 rings (SSSR count). The van der Waals surface area contributed by atoms with Crippen LogP contribution in [0, 0.1) is 0 Å². The van der Waals surface area contributed by atoms with Gasteiger partial charge >= 0.3 is 5.91 Å². The van der Waals surface area contributed by atoms with Crippen LogP contribution in [0.3, 0.4) is 0 Å². The lowest BCUT2D eigenvalue weighted by Crippen LogP contribution is -2.39. The Balaban J connectivity index is 1.49. The van der Waals surface area contributed by atoms with Crippen molar-refractivity contribution in [2.45, 2.75) is 5.03 Å². The molecular formula is C19H13N2O2S2+. The van der Waals surface area contributed by atoms with E-state index in [1.807, 2.05) is 54.6 Å². The number of pyridine rings is 2. The Kier molecular flexibility index (Phi) is 4.21. The van der Waals surface area contributed by atoms with Crippen molar-refractivity contribution >= 4 is 39.9 Å². The van der Waals surface area contributed by atoms with Crippen molar-refractivity contribution < 1.29 is 18.9 Å². The third-order valence-electron chi connectivity index (χ3n) is 3.65. The van der Waals surface area contributed by atoms with Gasteiger partial charge in [-0.1, -0.05) is 29.6 Å². The summed E-state index contributed by atoms with van der Waals surface area (Å²) < 4.78 is 3.27. The summed E-state index contributed by atoms with van der Waals surface area (Å²) in [4.78, 5) is 14.5. The van der Waals surface area contributed by atoms with Crippen LogP contribution in [-0.2, 0) is 0 Å². The highest BCUT2D eigenvalue weighted by molar-refractivity contribution is 8.04. The summed E-state index contributed by atoms with van der Waals surface area (Å²) in [7, 11) is 0. The molecule has 0 atom stereocenters. The number of rotatable bonds is 3. The molecule has 0 N–H and O–H groups in total. The molecule has 25 heavy (non-hydrogen) atoms. The number of hydrogen-bond acceptors (Lipinski definition) is 4. The van der Waals surface area contributed by atoms with E-state index in [0.717, 1.165) is 9.86 Å². The van der Waals surface area contributed by atoms with Crippen LogP contribution < -0.4 is 14.1 Å². The molecule has 0 amide bonds. The molecule has 0 fully saturated rings. The van der Waals surface area contributed by atoms with E-state index in [4.69, 9.17) is 0 Å². The summed E-state index contributed by atoms with van der Waals surface area (Å²) in [5, 5.41) is 13.1. The van der Waals surface area contributed by atoms with Gasteiger partial charge < -0.3 is 5.11 Å². The topological polar surface area (TPSA) is 48.1 Å². The molecule has 0 spiro atoms. The predicted molar refractivity (Wildman–Crippen MR) is 96.3 cm³/mol. The molecule has 3 aromatic rings.